The van der Waals surface area contributed by atoms with Gasteiger partial charge in [-0.2, -0.15) is 16.1 Å². The second-order valence-electron chi connectivity index (χ2n) is 7.38. The molecule has 0 atom stereocenters. The number of carbonyl (C=O) groups is 1. The van der Waals surface area contributed by atoms with Gasteiger partial charge in [0.05, 0.1) is 4.90 Å². The van der Waals surface area contributed by atoms with Crippen LogP contribution in [-0.4, -0.2) is 44.0 Å². The van der Waals surface area contributed by atoms with Crippen LogP contribution in [0.15, 0.2) is 47.4 Å². The monoisotopic (exact) mass is 466 g/mol. The molecule has 1 N–H and O–H groups in total. The molecule has 1 aliphatic rings. The van der Waals surface area contributed by atoms with Gasteiger partial charge in [0.1, 0.15) is 0 Å². The van der Waals surface area contributed by atoms with Crippen molar-refractivity contribution in [3.8, 4) is 0 Å². The molecule has 1 fully saturated rings. The lowest BCUT2D eigenvalue weighted by Crippen LogP contribution is -2.35. The Hall–Kier alpha value is -1.54. The average Bonchev–Trinajstić information content (AvgIpc) is 2.75. The molecule has 30 heavy (non-hydrogen) atoms. The van der Waals surface area contributed by atoms with Gasteiger partial charge < -0.3 is 5.32 Å². The van der Waals surface area contributed by atoms with Gasteiger partial charge >= 0.3 is 0 Å². The Kier molecular flexibility index (Phi) is 8.22. The quantitative estimate of drug-likeness (QED) is 0.582. The van der Waals surface area contributed by atoms with E-state index in [0.717, 1.165) is 41.4 Å². The smallest absolute Gasteiger partial charge is 0.251 e. The Bertz CT molecular complexity index is 972. The van der Waals surface area contributed by atoms with Gasteiger partial charge in [0.2, 0.25) is 10.0 Å². The topological polar surface area (TPSA) is 66.5 Å². The summed E-state index contributed by atoms with van der Waals surface area (Å²) in [7, 11) is -3.56. The van der Waals surface area contributed by atoms with Crippen molar-refractivity contribution < 1.29 is 13.2 Å². The maximum Gasteiger partial charge on any atom is 0.251 e. The highest BCUT2D eigenvalue weighted by molar-refractivity contribution is 7.98. The summed E-state index contributed by atoms with van der Waals surface area (Å²) in [6.07, 6.45) is 2.82. The Morgan fingerprint density at radius 2 is 1.80 bits per heavy atom. The SMILES string of the molecule is Cc1ccc(S(=O)(=O)N2CCCCC2)cc1C(=O)NCCSCc1ccc(Cl)cc1. The number of piperidine rings is 1. The number of hydrogen-bond acceptors (Lipinski definition) is 4. The van der Waals surface area contributed by atoms with Gasteiger partial charge in [-0.15, -0.1) is 0 Å². The molecule has 0 aromatic heterocycles. The van der Waals surface area contributed by atoms with Gasteiger partial charge in [0.25, 0.3) is 5.91 Å². The number of halogens is 1. The van der Waals surface area contributed by atoms with Gasteiger partial charge in [-0.1, -0.05) is 36.2 Å². The average molecular weight is 467 g/mol. The van der Waals surface area contributed by atoms with Crippen LogP contribution in [0.2, 0.25) is 5.02 Å². The lowest BCUT2D eigenvalue weighted by atomic mass is 10.1. The molecule has 0 aliphatic carbocycles. The summed E-state index contributed by atoms with van der Waals surface area (Å²) in [6, 6.07) is 12.5. The third-order valence-electron chi connectivity index (χ3n) is 5.12. The van der Waals surface area contributed by atoms with E-state index in [0.29, 0.717) is 25.2 Å². The number of aryl methyl sites for hydroxylation is 1. The predicted molar refractivity (Wildman–Crippen MR) is 124 cm³/mol. The zero-order valence-corrected chi connectivity index (χ0v) is 19.5. The minimum Gasteiger partial charge on any atom is -0.351 e. The van der Waals surface area contributed by atoms with E-state index in [9.17, 15) is 13.2 Å². The fraction of sp³-hybridized carbons (Fsp3) is 0.409. The van der Waals surface area contributed by atoms with Crippen LogP contribution in [0.4, 0.5) is 0 Å². The van der Waals surface area contributed by atoms with Crippen LogP contribution in [0.5, 0.6) is 0 Å². The molecule has 8 heteroatoms. The molecule has 1 heterocycles. The lowest BCUT2D eigenvalue weighted by molar-refractivity contribution is 0.0955. The third kappa shape index (κ3) is 6.00. The summed E-state index contributed by atoms with van der Waals surface area (Å²) in [5.74, 6) is 1.37. The highest BCUT2D eigenvalue weighted by Crippen LogP contribution is 2.23. The van der Waals surface area contributed by atoms with Crippen molar-refractivity contribution in [2.75, 3.05) is 25.4 Å². The fourth-order valence-electron chi connectivity index (χ4n) is 3.36. The van der Waals surface area contributed by atoms with Crippen molar-refractivity contribution in [2.24, 2.45) is 0 Å². The van der Waals surface area contributed by atoms with E-state index in [1.807, 2.05) is 31.2 Å². The molecule has 1 aliphatic heterocycles. The number of nitrogens with zero attached hydrogens (tertiary/aromatic N) is 1. The van der Waals surface area contributed by atoms with Gasteiger partial charge in [0, 0.05) is 41.7 Å². The molecule has 2 aromatic carbocycles. The standard InChI is InChI=1S/C22H27ClN2O3S2/c1-17-5-10-20(30(27,28)25-12-3-2-4-13-25)15-21(17)22(26)24-11-14-29-16-18-6-8-19(23)9-7-18/h5-10,15H,2-4,11-14,16H2,1H3,(H,24,26). The first-order valence-electron chi connectivity index (χ1n) is 10.1. The zero-order chi connectivity index (χ0) is 21.6. The van der Waals surface area contributed by atoms with Gasteiger partial charge in [-0.25, -0.2) is 8.42 Å². The molecule has 2 aromatic rings. The van der Waals surface area contributed by atoms with Crippen molar-refractivity contribution in [2.45, 2.75) is 36.8 Å². The molecule has 0 saturated carbocycles. The highest BCUT2D eigenvalue weighted by Gasteiger charge is 2.27. The molecule has 5 nitrogen and oxygen atoms in total. The van der Waals surface area contributed by atoms with Gasteiger partial charge in [-0.05, 0) is 55.2 Å². The summed E-state index contributed by atoms with van der Waals surface area (Å²) in [6.45, 7) is 3.42. The van der Waals surface area contributed by atoms with Crippen LogP contribution in [0.25, 0.3) is 0 Å². The summed E-state index contributed by atoms with van der Waals surface area (Å²) >= 11 is 7.61. The number of hydrogen-bond donors (Lipinski definition) is 1. The Morgan fingerprint density at radius 3 is 2.50 bits per heavy atom. The second kappa shape index (κ2) is 10.7. The van der Waals surface area contributed by atoms with Crippen molar-refractivity contribution >= 4 is 39.3 Å². The molecule has 162 valence electrons. The molecule has 0 spiro atoms. The molecule has 0 radical (unpaired) electrons. The molecule has 0 bridgehead atoms. The minimum absolute atomic E-state index is 0.192. The zero-order valence-electron chi connectivity index (χ0n) is 17.1. The molecule has 1 saturated heterocycles. The predicted octanol–water partition coefficient (Wildman–Crippen LogP) is 4.49. The lowest BCUT2D eigenvalue weighted by Gasteiger charge is -2.26. The van der Waals surface area contributed by atoms with E-state index < -0.39 is 10.0 Å². The number of sulfonamides is 1. The van der Waals surface area contributed by atoms with Crippen LogP contribution >= 0.6 is 23.4 Å². The normalized spacial score (nSPS) is 15.1. The molecular weight excluding hydrogens is 440 g/mol. The first-order chi connectivity index (χ1) is 14.4. The van der Waals surface area contributed by atoms with Crippen LogP contribution in [0.3, 0.4) is 0 Å². The highest BCUT2D eigenvalue weighted by atomic mass is 35.5. The number of benzene rings is 2. The fourth-order valence-corrected chi connectivity index (χ4v) is 5.85. The van der Waals surface area contributed by atoms with Crippen LogP contribution in [-0.2, 0) is 15.8 Å². The van der Waals surface area contributed by atoms with Gasteiger partial charge in [0.15, 0.2) is 0 Å². The first-order valence-corrected chi connectivity index (χ1v) is 13.1. The molecule has 1 amide bonds. The van der Waals surface area contributed by atoms with E-state index >= 15 is 0 Å². The van der Waals surface area contributed by atoms with Crippen molar-refractivity contribution in [1.82, 2.24) is 9.62 Å². The number of thioether (sulfide) groups is 1. The van der Waals surface area contributed by atoms with E-state index in [1.54, 1.807) is 23.9 Å². The van der Waals surface area contributed by atoms with Crippen LogP contribution < -0.4 is 5.32 Å². The van der Waals surface area contributed by atoms with E-state index in [1.165, 1.54) is 15.9 Å². The van der Waals surface area contributed by atoms with Crippen LogP contribution in [0, 0.1) is 6.92 Å². The number of rotatable bonds is 8. The maximum atomic E-state index is 12.9. The van der Waals surface area contributed by atoms with E-state index in [4.69, 9.17) is 11.6 Å². The number of carbonyl (C=O) groups excluding carboxylic acids is 1. The first kappa shape index (κ1) is 23.1. The van der Waals surface area contributed by atoms with E-state index in [2.05, 4.69) is 5.32 Å². The summed E-state index contributed by atoms with van der Waals surface area (Å²) in [5, 5.41) is 3.62. The molecule has 3 rings (SSSR count). The number of amides is 1. The second-order valence-corrected chi connectivity index (χ2v) is 10.9. The summed E-state index contributed by atoms with van der Waals surface area (Å²) in [4.78, 5) is 12.8. The Balaban J connectivity index is 1.56. The van der Waals surface area contributed by atoms with E-state index in [-0.39, 0.29) is 10.8 Å². The molecule has 0 unspecified atom stereocenters. The van der Waals surface area contributed by atoms with Gasteiger partial charge in [-0.3, -0.25) is 4.79 Å². The third-order valence-corrected chi connectivity index (χ3v) is 8.30. The van der Waals surface area contributed by atoms with Crippen molar-refractivity contribution in [3.63, 3.8) is 0 Å². The largest absolute Gasteiger partial charge is 0.351 e. The minimum atomic E-state index is -3.56. The van der Waals surface area contributed by atoms with Crippen molar-refractivity contribution in [1.29, 1.82) is 0 Å². The summed E-state index contributed by atoms with van der Waals surface area (Å²) in [5.41, 5.74) is 2.36. The molecular formula is C22H27ClN2O3S2. The Labute approximate surface area is 188 Å². The van der Waals surface area contributed by atoms with Crippen LogP contribution in [0.1, 0.15) is 40.7 Å². The maximum absolute atomic E-state index is 12.9. The van der Waals surface area contributed by atoms with Crippen molar-refractivity contribution in [3.05, 3.63) is 64.2 Å². The Morgan fingerprint density at radius 1 is 1.10 bits per heavy atom. The number of nitrogens with one attached hydrogen (secondary N) is 1. The summed E-state index contributed by atoms with van der Waals surface area (Å²) < 4.78 is 27.3.